The fourth-order valence-electron chi connectivity index (χ4n) is 3.68. The lowest BCUT2D eigenvalue weighted by atomic mass is 10.1. The summed E-state index contributed by atoms with van der Waals surface area (Å²) in [6, 6.07) is 3.75. The van der Waals surface area contributed by atoms with Crippen molar-refractivity contribution in [3.05, 3.63) is 29.6 Å². The molecule has 1 aromatic rings. The Labute approximate surface area is 182 Å². The molecule has 0 spiro atoms. The van der Waals surface area contributed by atoms with Gasteiger partial charge in [0, 0.05) is 25.7 Å². The molecule has 31 heavy (non-hydrogen) atoms. The molecule has 2 heterocycles. The first-order valence-electron chi connectivity index (χ1n) is 10.5. The van der Waals surface area contributed by atoms with E-state index in [0.717, 1.165) is 0 Å². The van der Waals surface area contributed by atoms with E-state index in [1.807, 2.05) is 4.90 Å². The Morgan fingerprint density at radius 3 is 2.61 bits per heavy atom. The highest BCUT2D eigenvalue weighted by molar-refractivity contribution is 7.89. The first-order valence-corrected chi connectivity index (χ1v) is 12.1. The van der Waals surface area contributed by atoms with E-state index < -0.39 is 22.1 Å². The largest absolute Gasteiger partial charge is 0.378 e. The highest BCUT2D eigenvalue weighted by Gasteiger charge is 2.26. The Morgan fingerprint density at radius 1 is 1.19 bits per heavy atom. The maximum absolute atomic E-state index is 14.3. The Kier molecular flexibility index (Phi) is 7.84. The van der Waals surface area contributed by atoms with E-state index >= 15 is 0 Å². The number of anilines is 1. The molecule has 0 aromatic heterocycles. The number of benzene rings is 1. The van der Waals surface area contributed by atoms with Gasteiger partial charge in [0.25, 0.3) is 0 Å². The number of urea groups is 1. The number of imide groups is 1. The Balaban J connectivity index is 1.47. The van der Waals surface area contributed by atoms with Crippen molar-refractivity contribution in [1.29, 1.82) is 0 Å². The molecule has 2 N–H and O–H groups in total. The molecular formula is C20H29FN4O5S. The van der Waals surface area contributed by atoms with Gasteiger partial charge in [0.15, 0.2) is 0 Å². The number of amides is 3. The maximum Gasteiger partial charge on any atom is 0.324 e. The van der Waals surface area contributed by atoms with Crippen molar-refractivity contribution in [3.63, 3.8) is 0 Å². The number of ether oxygens (including phenoxy) is 1. The van der Waals surface area contributed by atoms with Crippen LogP contribution in [0.3, 0.4) is 0 Å². The standard InChI is InChI=1S/C20H29FN4O5S/c1-15(16-5-6-17(21)18(13-16)24-8-10-30-11-9-24)23-31(28,29)12-4-2-3-7-25-14-19(26)22-20(25)27/h5-6,13,15,23H,2-4,7-12,14H2,1H3,(H,22,26,27)/t15-/m1/s1. The molecule has 0 unspecified atom stereocenters. The number of nitrogens with one attached hydrogen (secondary N) is 2. The minimum Gasteiger partial charge on any atom is -0.378 e. The molecule has 1 aromatic carbocycles. The molecule has 3 rings (SSSR count). The number of unbranched alkanes of at least 4 members (excludes halogenated alkanes) is 2. The second-order valence-electron chi connectivity index (χ2n) is 7.80. The third-order valence-electron chi connectivity index (χ3n) is 5.39. The number of nitrogens with zero attached hydrogens (tertiary/aromatic N) is 2. The lowest BCUT2D eigenvalue weighted by Crippen LogP contribution is -2.37. The molecule has 0 saturated carbocycles. The van der Waals surface area contributed by atoms with Crippen LogP contribution in [0.4, 0.5) is 14.9 Å². The summed E-state index contributed by atoms with van der Waals surface area (Å²) in [5.41, 5.74) is 1.15. The molecule has 2 aliphatic heterocycles. The van der Waals surface area contributed by atoms with Crippen LogP contribution in [0, 0.1) is 5.82 Å². The molecule has 0 radical (unpaired) electrons. The van der Waals surface area contributed by atoms with Gasteiger partial charge in [0.05, 0.1) is 24.7 Å². The predicted octanol–water partition coefficient (Wildman–Crippen LogP) is 1.36. The van der Waals surface area contributed by atoms with Crippen LogP contribution in [0.5, 0.6) is 0 Å². The molecule has 172 valence electrons. The first-order chi connectivity index (χ1) is 14.7. The number of hydrogen-bond acceptors (Lipinski definition) is 6. The van der Waals surface area contributed by atoms with Crippen molar-refractivity contribution in [2.24, 2.45) is 0 Å². The molecule has 2 saturated heterocycles. The number of sulfonamides is 1. The summed E-state index contributed by atoms with van der Waals surface area (Å²) >= 11 is 0. The fourth-order valence-corrected chi connectivity index (χ4v) is 5.05. The maximum atomic E-state index is 14.3. The van der Waals surface area contributed by atoms with E-state index in [1.165, 1.54) is 11.0 Å². The van der Waals surface area contributed by atoms with Crippen LogP contribution in [0.15, 0.2) is 18.2 Å². The minimum atomic E-state index is -3.52. The number of carbonyl (C=O) groups is 2. The molecule has 2 fully saturated rings. The average molecular weight is 457 g/mol. The molecule has 0 aliphatic carbocycles. The summed E-state index contributed by atoms with van der Waals surface area (Å²) in [5.74, 6) is -0.697. The summed E-state index contributed by atoms with van der Waals surface area (Å²) in [7, 11) is -3.52. The molecule has 0 bridgehead atoms. The Bertz CT molecular complexity index is 905. The second-order valence-corrected chi connectivity index (χ2v) is 9.68. The Morgan fingerprint density at radius 2 is 1.94 bits per heavy atom. The van der Waals surface area contributed by atoms with Crippen LogP contribution in [-0.4, -0.2) is 70.4 Å². The summed E-state index contributed by atoms with van der Waals surface area (Å²) in [5, 5.41) is 2.21. The van der Waals surface area contributed by atoms with Crippen molar-refractivity contribution < 1.29 is 27.1 Å². The van der Waals surface area contributed by atoms with E-state index in [1.54, 1.807) is 19.1 Å². The van der Waals surface area contributed by atoms with Crippen LogP contribution >= 0.6 is 0 Å². The van der Waals surface area contributed by atoms with Crippen molar-refractivity contribution in [1.82, 2.24) is 14.9 Å². The van der Waals surface area contributed by atoms with Gasteiger partial charge in [-0.3, -0.25) is 10.1 Å². The molecule has 1 atom stereocenters. The second kappa shape index (κ2) is 10.4. The van der Waals surface area contributed by atoms with Crippen LogP contribution in [0.1, 0.15) is 37.8 Å². The van der Waals surface area contributed by atoms with E-state index in [4.69, 9.17) is 4.74 Å². The third kappa shape index (κ3) is 6.62. The van der Waals surface area contributed by atoms with Gasteiger partial charge in [-0.2, -0.15) is 0 Å². The number of halogens is 1. The van der Waals surface area contributed by atoms with Gasteiger partial charge >= 0.3 is 6.03 Å². The highest BCUT2D eigenvalue weighted by atomic mass is 32.2. The summed E-state index contributed by atoms with van der Waals surface area (Å²) in [4.78, 5) is 25.9. The quantitative estimate of drug-likeness (QED) is 0.407. The van der Waals surface area contributed by atoms with Gasteiger partial charge in [-0.15, -0.1) is 0 Å². The van der Waals surface area contributed by atoms with Gasteiger partial charge in [0.1, 0.15) is 12.4 Å². The van der Waals surface area contributed by atoms with Crippen molar-refractivity contribution in [3.8, 4) is 0 Å². The average Bonchev–Trinajstić information content (AvgIpc) is 3.05. The van der Waals surface area contributed by atoms with Crippen LogP contribution < -0.4 is 14.9 Å². The molecular weight excluding hydrogens is 427 g/mol. The zero-order valence-corrected chi connectivity index (χ0v) is 18.4. The fraction of sp³-hybridized carbons (Fsp3) is 0.600. The van der Waals surface area contributed by atoms with Crippen molar-refractivity contribution in [2.45, 2.75) is 32.2 Å². The lowest BCUT2D eigenvalue weighted by Gasteiger charge is -2.30. The first kappa shape index (κ1) is 23.4. The minimum absolute atomic E-state index is 0.0417. The smallest absolute Gasteiger partial charge is 0.324 e. The number of carbonyl (C=O) groups excluding carboxylic acids is 2. The zero-order chi connectivity index (χ0) is 22.4. The van der Waals surface area contributed by atoms with E-state index in [0.29, 0.717) is 63.4 Å². The van der Waals surface area contributed by atoms with E-state index in [2.05, 4.69) is 10.0 Å². The molecule has 3 amide bonds. The zero-order valence-electron chi connectivity index (χ0n) is 17.6. The SMILES string of the molecule is C[C@@H](NS(=O)(=O)CCCCCN1CC(=O)NC1=O)c1ccc(F)c(N2CCOCC2)c1. The van der Waals surface area contributed by atoms with Gasteiger partial charge < -0.3 is 14.5 Å². The monoisotopic (exact) mass is 456 g/mol. The van der Waals surface area contributed by atoms with E-state index in [-0.39, 0.29) is 24.0 Å². The van der Waals surface area contributed by atoms with Gasteiger partial charge in [0.2, 0.25) is 15.9 Å². The number of hydrogen-bond donors (Lipinski definition) is 2. The molecule has 9 nitrogen and oxygen atoms in total. The third-order valence-corrected chi connectivity index (χ3v) is 6.93. The summed E-state index contributed by atoms with van der Waals surface area (Å²) in [6.45, 7) is 4.45. The topological polar surface area (TPSA) is 108 Å². The van der Waals surface area contributed by atoms with Gasteiger partial charge in [-0.25, -0.2) is 22.3 Å². The van der Waals surface area contributed by atoms with Crippen LogP contribution in [0.2, 0.25) is 0 Å². The number of rotatable bonds is 10. The van der Waals surface area contributed by atoms with Gasteiger partial charge in [-0.05, 0) is 37.5 Å². The molecule has 11 heteroatoms. The number of morpholine rings is 1. The Hall–Kier alpha value is -2.24. The van der Waals surface area contributed by atoms with Crippen molar-refractivity contribution >= 4 is 27.6 Å². The molecule has 2 aliphatic rings. The van der Waals surface area contributed by atoms with Crippen LogP contribution in [-0.2, 0) is 19.6 Å². The highest BCUT2D eigenvalue weighted by Crippen LogP contribution is 2.25. The van der Waals surface area contributed by atoms with Gasteiger partial charge in [-0.1, -0.05) is 12.5 Å². The van der Waals surface area contributed by atoms with E-state index in [9.17, 15) is 22.4 Å². The van der Waals surface area contributed by atoms with Crippen LogP contribution in [0.25, 0.3) is 0 Å². The normalized spacial score (nSPS) is 18.4. The predicted molar refractivity (Wildman–Crippen MR) is 114 cm³/mol. The summed E-state index contributed by atoms with van der Waals surface area (Å²) < 4.78 is 47.1. The van der Waals surface area contributed by atoms with Crippen molar-refractivity contribution in [2.75, 3.05) is 50.0 Å². The lowest BCUT2D eigenvalue weighted by molar-refractivity contribution is -0.118. The summed E-state index contributed by atoms with van der Waals surface area (Å²) in [6.07, 6.45) is 1.67.